The van der Waals surface area contributed by atoms with Crippen LogP contribution < -0.4 is 4.90 Å². The van der Waals surface area contributed by atoms with Crippen LogP contribution in [0.4, 0.5) is 11.4 Å². The summed E-state index contributed by atoms with van der Waals surface area (Å²) in [4.78, 5) is 23.3. The van der Waals surface area contributed by atoms with Gasteiger partial charge in [-0.1, -0.05) is 6.07 Å². The molecule has 0 aromatic heterocycles. The molecule has 1 saturated heterocycles. The highest BCUT2D eigenvalue weighted by Crippen LogP contribution is 2.30. The van der Waals surface area contributed by atoms with E-state index in [-0.39, 0.29) is 24.6 Å². The Morgan fingerprint density at radius 1 is 1.53 bits per heavy atom. The average Bonchev–Trinajstić information content (AvgIpc) is 2.57. The van der Waals surface area contributed by atoms with E-state index in [0.29, 0.717) is 11.3 Å². The summed E-state index contributed by atoms with van der Waals surface area (Å²) in [7, 11) is 0. The molecule has 6 heteroatoms. The molecule has 6 nitrogen and oxygen atoms in total. The zero-order valence-corrected chi connectivity index (χ0v) is 9.29. The van der Waals surface area contributed by atoms with E-state index in [2.05, 4.69) is 0 Å². The maximum atomic E-state index is 11.6. The van der Waals surface area contributed by atoms with E-state index >= 15 is 0 Å². The largest absolute Gasteiger partial charge is 0.391 e. The summed E-state index contributed by atoms with van der Waals surface area (Å²) in [5.74, 6) is -0.207. The van der Waals surface area contributed by atoms with Crippen molar-refractivity contribution in [3.8, 4) is 0 Å². The van der Waals surface area contributed by atoms with Gasteiger partial charge < -0.3 is 10.0 Å². The third kappa shape index (κ3) is 1.99. The van der Waals surface area contributed by atoms with Gasteiger partial charge in [-0.25, -0.2) is 0 Å². The fraction of sp³-hybridized carbons (Fsp3) is 0.364. The van der Waals surface area contributed by atoms with Crippen molar-refractivity contribution in [3.63, 3.8) is 0 Å². The number of aliphatic hydroxyl groups is 1. The molecule has 1 unspecified atom stereocenters. The minimum absolute atomic E-state index is 0.0170. The predicted octanol–water partition coefficient (Wildman–Crippen LogP) is 1.00. The van der Waals surface area contributed by atoms with Crippen LogP contribution in [0.25, 0.3) is 0 Å². The Bertz CT molecular complexity index is 486. The molecule has 1 atom stereocenters. The minimum atomic E-state index is -0.693. The normalized spacial score (nSPS) is 19.8. The van der Waals surface area contributed by atoms with Crippen molar-refractivity contribution in [3.05, 3.63) is 33.9 Å². The van der Waals surface area contributed by atoms with Gasteiger partial charge in [-0.05, 0) is 13.0 Å². The number of amides is 1. The zero-order chi connectivity index (χ0) is 12.6. The molecule has 1 aromatic rings. The Morgan fingerprint density at radius 2 is 2.24 bits per heavy atom. The number of nitro groups is 1. The predicted molar refractivity (Wildman–Crippen MR) is 60.8 cm³/mol. The van der Waals surface area contributed by atoms with Gasteiger partial charge in [0.15, 0.2) is 0 Å². The fourth-order valence-electron chi connectivity index (χ4n) is 2.02. The molecule has 1 aromatic carbocycles. The van der Waals surface area contributed by atoms with Crippen molar-refractivity contribution in [1.29, 1.82) is 0 Å². The summed E-state index contributed by atoms with van der Waals surface area (Å²) in [5, 5.41) is 20.2. The average molecular weight is 236 g/mol. The van der Waals surface area contributed by atoms with Crippen LogP contribution in [0.15, 0.2) is 18.2 Å². The van der Waals surface area contributed by atoms with Gasteiger partial charge in [0.05, 0.1) is 35.2 Å². The number of carbonyl (C=O) groups excluding carboxylic acids is 1. The lowest BCUT2D eigenvalue weighted by atomic mass is 10.1. The van der Waals surface area contributed by atoms with Gasteiger partial charge >= 0.3 is 0 Å². The highest BCUT2D eigenvalue weighted by atomic mass is 16.6. The maximum absolute atomic E-state index is 11.6. The summed E-state index contributed by atoms with van der Waals surface area (Å²) >= 11 is 0. The first-order chi connectivity index (χ1) is 8.00. The van der Waals surface area contributed by atoms with E-state index in [1.165, 1.54) is 11.0 Å². The van der Waals surface area contributed by atoms with Crippen molar-refractivity contribution >= 4 is 17.3 Å². The van der Waals surface area contributed by atoms with E-state index in [0.717, 1.165) is 0 Å². The third-order valence-electron chi connectivity index (χ3n) is 2.87. The molecule has 0 aliphatic carbocycles. The highest BCUT2D eigenvalue weighted by Gasteiger charge is 2.31. The van der Waals surface area contributed by atoms with Crippen LogP contribution in [-0.2, 0) is 4.79 Å². The van der Waals surface area contributed by atoms with Crippen LogP contribution in [0, 0.1) is 17.0 Å². The lowest BCUT2D eigenvalue weighted by molar-refractivity contribution is -0.385. The molecule has 1 heterocycles. The number of carbonyl (C=O) groups is 1. The number of nitro benzene ring substituents is 1. The molecule has 1 aliphatic heterocycles. The van der Waals surface area contributed by atoms with Crippen LogP contribution >= 0.6 is 0 Å². The number of hydrogen-bond acceptors (Lipinski definition) is 4. The molecule has 1 N–H and O–H groups in total. The first kappa shape index (κ1) is 11.5. The third-order valence-corrected chi connectivity index (χ3v) is 2.87. The number of aliphatic hydroxyl groups excluding tert-OH is 1. The van der Waals surface area contributed by atoms with E-state index in [1.54, 1.807) is 19.1 Å². The van der Waals surface area contributed by atoms with Gasteiger partial charge in [0.2, 0.25) is 5.91 Å². The fourth-order valence-corrected chi connectivity index (χ4v) is 2.02. The number of rotatable bonds is 2. The Balaban J connectivity index is 2.43. The number of β-amino-alcohol motifs (C(OH)–C–C–N with tert-alkyl or cyclic N) is 1. The summed E-state index contributed by atoms with van der Waals surface area (Å²) in [5.41, 5.74) is 0.928. The topological polar surface area (TPSA) is 83.7 Å². The molecule has 0 bridgehead atoms. The molecule has 90 valence electrons. The number of nitrogens with zero attached hydrogens (tertiary/aromatic N) is 2. The quantitative estimate of drug-likeness (QED) is 0.613. The van der Waals surface area contributed by atoms with E-state index in [1.807, 2.05) is 0 Å². The summed E-state index contributed by atoms with van der Waals surface area (Å²) < 4.78 is 0. The minimum Gasteiger partial charge on any atom is -0.391 e. The summed E-state index contributed by atoms with van der Waals surface area (Å²) in [6, 6.07) is 4.59. The Hall–Kier alpha value is -1.95. The van der Waals surface area contributed by atoms with E-state index in [4.69, 9.17) is 0 Å². The van der Waals surface area contributed by atoms with Gasteiger partial charge in [-0.15, -0.1) is 0 Å². The van der Waals surface area contributed by atoms with Gasteiger partial charge in [-0.2, -0.15) is 0 Å². The first-order valence-corrected chi connectivity index (χ1v) is 5.23. The van der Waals surface area contributed by atoms with Crippen molar-refractivity contribution in [2.24, 2.45) is 0 Å². The molecule has 0 saturated carbocycles. The molecule has 1 amide bonds. The molecule has 1 fully saturated rings. The monoisotopic (exact) mass is 236 g/mol. The lowest BCUT2D eigenvalue weighted by Crippen LogP contribution is -2.26. The standard InChI is InChI=1S/C11H12N2O4/c1-7-9(3-2-4-10(7)13(16)17)12-6-8(14)5-11(12)15/h2-4,8,14H,5-6H2,1H3. The Morgan fingerprint density at radius 3 is 2.76 bits per heavy atom. The van der Waals surface area contributed by atoms with Crippen molar-refractivity contribution in [2.45, 2.75) is 19.4 Å². The molecular formula is C11H12N2O4. The van der Waals surface area contributed by atoms with Crippen LogP contribution in [0.1, 0.15) is 12.0 Å². The SMILES string of the molecule is Cc1c(N2CC(O)CC2=O)cccc1[N+](=O)[O-]. The van der Waals surface area contributed by atoms with Crippen molar-refractivity contribution in [2.75, 3.05) is 11.4 Å². The molecule has 1 aliphatic rings. The second-order valence-corrected chi connectivity index (χ2v) is 4.04. The molecule has 0 radical (unpaired) electrons. The molecular weight excluding hydrogens is 224 g/mol. The first-order valence-electron chi connectivity index (χ1n) is 5.23. The highest BCUT2D eigenvalue weighted by molar-refractivity contribution is 5.97. The van der Waals surface area contributed by atoms with Gasteiger partial charge in [0, 0.05) is 6.07 Å². The molecule has 2 rings (SSSR count). The number of benzene rings is 1. The van der Waals surface area contributed by atoms with Crippen molar-refractivity contribution < 1.29 is 14.8 Å². The Kier molecular flexibility index (Phi) is 2.81. The second kappa shape index (κ2) is 4.14. The zero-order valence-electron chi connectivity index (χ0n) is 9.29. The van der Waals surface area contributed by atoms with Gasteiger partial charge in [0.25, 0.3) is 5.69 Å². The smallest absolute Gasteiger partial charge is 0.274 e. The van der Waals surface area contributed by atoms with Crippen molar-refractivity contribution in [1.82, 2.24) is 0 Å². The second-order valence-electron chi connectivity index (χ2n) is 4.04. The number of hydrogen-bond donors (Lipinski definition) is 1. The van der Waals surface area contributed by atoms with Gasteiger partial charge in [0.1, 0.15) is 0 Å². The maximum Gasteiger partial charge on any atom is 0.274 e. The van der Waals surface area contributed by atoms with Crippen LogP contribution in [0.2, 0.25) is 0 Å². The van der Waals surface area contributed by atoms with Crippen LogP contribution in [-0.4, -0.2) is 28.6 Å². The summed E-state index contributed by atoms with van der Waals surface area (Å²) in [6.07, 6.45) is -0.622. The van der Waals surface area contributed by atoms with Crippen LogP contribution in [0.5, 0.6) is 0 Å². The Labute approximate surface area is 97.6 Å². The lowest BCUT2D eigenvalue weighted by Gasteiger charge is -2.18. The van der Waals surface area contributed by atoms with Crippen LogP contribution in [0.3, 0.4) is 0 Å². The van der Waals surface area contributed by atoms with E-state index < -0.39 is 11.0 Å². The summed E-state index contributed by atoms with van der Waals surface area (Å²) in [6.45, 7) is 1.80. The molecule has 0 spiro atoms. The van der Waals surface area contributed by atoms with E-state index in [9.17, 15) is 20.0 Å². The molecule has 17 heavy (non-hydrogen) atoms. The number of anilines is 1. The van der Waals surface area contributed by atoms with Gasteiger partial charge in [-0.3, -0.25) is 14.9 Å².